The monoisotopic (exact) mass is 466 g/mol. The molecule has 182 valence electrons. The fraction of sp³-hybridized carbons (Fsp3) is 0.385. The van der Waals surface area contributed by atoms with Crippen molar-refractivity contribution in [1.29, 1.82) is 0 Å². The number of benzene rings is 2. The van der Waals surface area contributed by atoms with E-state index in [1.54, 1.807) is 0 Å². The minimum atomic E-state index is -0.555. The first-order valence-corrected chi connectivity index (χ1v) is 11.7. The molecule has 0 saturated heterocycles. The lowest BCUT2D eigenvalue weighted by atomic mass is 10.2. The topological polar surface area (TPSA) is 105 Å². The van der Waals surface area contributed by atoms with E-state index in [4.69, 9.17) is 0 Å². The lowest BCUT2D eigenvalue weighted by Gasteiger charge is -2.22. The maximum absolute atomic E-state index is 12.7. The first-order valence-electron chi connectivity index (χ1n) is 11.7. The summed E-state index contributed by atoms with van der Waals surface area (Å²) in [4.78, 5) is 29.5. The SMILES string of the molecule is C=C1C(C(=O)Nc2ccc(N(CC)CCO)cc2)C1C(=O)Nc1ccc(N(CC)CCO)cc1. The van der Waals surface area contributed by atoms with Crippen molar-refractivity contribution in [3.05, 3.63) is 60.7 Å². The van der Waals surface area contributed by atoms with Gasteiger partial charge >= 0.3 is 0 Å². The normalized spacial score (nSPS) is 16.6. The van der Waals surface area contributed by atoms with Gasteiger partial charge in [-0.25, -0.2) is 0 Å². The van der Waals surface area contributed by atoms with Gasteiger partial charge in [0.1, 0.15) is 0 Å². The van der Waals surface area contributed by atoms with Crippen LogP contribution in [-0.2, 0) is 9.59 Å². The third-order valence-electron chi connectivity index (χ3n) is 6.09. The van der Waals surface area contributed by atoms with Gasteiger partial charge in [-0.05, 0) is 62.4 Å². The van der Waals surface area contributed by atoms with E-state index in [-0.39, 0.29) is 25.0 Å². The van der Waals surface area contributed by atoms with Crippen LogP contribution in [0.2, 0.25) is 0 Å². The molecular weight excluding hydrogens is 432 g/mol. The number of nitrogens with zero attached hydrogens (tertiary/aromatic N) is 2. The maximum atomic E-state index is 12.7. The van der Waals surface area contributed by atoms with Gasteiger partial charge in [0.15, 0.2) is 0 Å². The summed E-state index contributed by atoms with van der Waals surface area (Å²) in [6, 6.07) is 14.8. The van der Waals surface area contributed by atoms with Gasteiger partial charge in [0.2, 0.25) is 11.8 Å². The van der Waals surface area contributed by atoms with E-state index < -0.39 is 11.8 Å². The summed E-state index contributed by atoms with van der Waals surface area (Å²) in [5.41, 5.74) is 3.82. The van der Waals surface area contributed by atoms with Crippen LogP contribution in [0.15, 0.2) is 60.7 Å². The van der Waals surface area contributed by atoms with Crippen molar-refractivity contribution in [3.63, 3.8) is 0 Å². The van der Waals surface area contributed by atoms with Crippen LogP contribution in [0.25, 0.3) is 0 Å². The van der Waals surface area contributed by atoms with Crippen LogP contribution in [0, 0.1) is 11.8 Å². The van der Waals surface area contributed by atoms with E-state index in [2.05, 4.69) is 17.2 Å². The molecule has 2 aromatic carbocycles. The number of aliphatic hydroxyl groups is 2. The van der Waals surface area contributed by atoms with Gasteiger partial charge < -0.3 is 30.6 Å². The molecular formula is C26H34N4O4. The Morgan fingerprint density at radius 1 is 0.765 bits per heavy atom. The van der Waals surface area contributed by atoms with Crippen LogP contribution in [0.1, 0.15) is 13.8 Å². The van der Waals surface area contributed by atoms with Crippen molar-refractivity contribution in [2.45, 2.75) is 13.8 Å². The Labute approximate surface area is 200 Å². The van der Waals surface area contributed by atoms with Crippen LogP contribution in [0.5, 0.6) is 0 Å². The zero-order chi connectivity index (χ0) is 24.7. The summed E-state index contributed by atoms with van der Waals surface area (Å²) in [6.45, 7) is 10.7. The van der Waals surface area contributed by atoms with Gasteiger partial charge in [0, 0.05) is 48.9 Å². The zero-order valence-electron chi connectivity index (χ0n) is 19.8. The molecule has 8 nitrogen and oxygen atoms in total. The predicted molar refractivity (Wildman–Crippen MR) is 136 cm³/mol. The number of carbonyl (C=O) groups excluding carboxylic acids is 2. The molecule has 0 heterocycles. The fourth-order valence-electron chi connectivity index (χ4n) is 4.09. The largest absolute Gasteiger partial charge is 0.395 e. The van der Waals surface area contributed by atoms with Crippen molar-refractivity contribution in [3.8, 4) is 0 Å². The average molecular weight is 467 g/mol. The van der Waals surface area contributed by atoms with Gasteiger partial charge in [-0.3, -0.25) is 9.59 Å². The highest BCUT2D eigenvalue weighted by Gasteiger charge is 2.52. The summed E-state index contributed by atoms with van der Waals surface area (Å²) in [5.74, 6) is -1.61. The quantitative estimate of drug-likeness (QED) is 0.359. The molecule has 2 aromatic rings. The third kappa shape index (κ3) is 5.95. The van der Waals surface area contributed by atoms with Gasteiger partial charge in [-0.2, -0.15) is 0 Å². The van der Waals surface area contributed by atoms with Crippen molar-refractivity contribution >= 4 is 34.6 Å². The zero-order valence-corrected chi connectivity index (χ0v) is 19.8. The molecule has 1 saturated carbocycles. The van der Waals surface area contributed by atoms with Crippen molar-refractivity contribution in [2.24, 2.45) is 11.8 Å². The first-order chi connectivity index (χ1) is 16.4. The van der Waals surface area contributed by atoms with Gasteiger partial charge in [0.25, 0.3) is 0 Å². The standard InChI is InChI=1S/C26H34N4O4/c1-4-29(14-16-31)21-10-6-19(7-11-21)27-25(33)23-18(3)24(23)26(34)28-20-8-12-22(13-9-20)30(5-2)15-17-32/h6-13,23-24,31-32H,3-5,14-17H2,1-2H3,(H,27,33)(H,28,34). The van der Waals surface area contributed by atoms with E-state index >= 15 is 0 Å². The third-order valence-corrected chi connectivity index (χ3v) is 6.09. The Kier molecular flexibility index (Phi) is 8.67. The molecule has 2 atom stereocenters. The number of amides is 2. The molecule has 34 heavy (non-hydrogen) atoms. The summed E-state index contributed by atoms with van der Waals surface area (Å²) in [7, 11) is 0. The Morgan fingerprint density at radius 2 is 1.12 bits per heavy atom. The summed E-state index contributed by atoms with van der Waals surface area (Å²) in [6.07, 6.45) is 0. The lowest BCUT2D eigenvalue weighted by Crippen LogP contribution is -2.26. The number of hydrogen-bond acceptors (Lipinski definition) is 6. The number of likely N-dealkylation sites (N-methyl/N-ethyl adjacent to an activating group) is 2. The Bertz CT molecular complexity index is 911. The molecule has 0 aliphatic heterocycles. The highest BCUT2D eigenvalue weighted by Crippen LogP contribution is 2.45. The van der Waals surface area contributed by atoms with E-state index in [1.807, 2.05) is 72.2 Å². The first kappa shape index (κ1) is 25.3. The Hall–Kier alpha value is -3.36. The smallest absolute Gasteiger partial charge is 0.232 e. The van der Waals surface area contributed by atoms with Crippen LogP contribution >= 0.6 is 0 Å². The molecule has 1 aliphatic rings. The second-order valence-electron chi connectivity index (χ2n) is 8.21. The number of aliphatic hydroxyl groups excluding tert-OH is 2. The number of carbonyl (C=O) groups is 2. The molecule has 3 rings (SSSR count). The van der Waals surface area contributed by atoms with Gasteiger partial charge in [0.05, 0.1) is 25.0 Å². The molecule has 0 aromatic heterocycles. The lowest BCUT2D eigenvalue weighted by molar-refractivity contribution is -0.122. The number of hydrogen-bond donors (Lipinski definition) is 4. The van der Waals surface area contributed by atoms with Crippen LogP contribution in [0.3, 0.4) is 0 Å². The van der Waals surface area contributed by atoms with Crippen LogP contribution in [-0.4, -0.2) is 61.4 Å². The Balaban J connectivity index is 1.55. The van der Waals surface area contributed by atoms with Gasteiger partial charge in [-0.15, -0.1) is 0 Å². The Morgan fingerprint density at radius 3 is 1.41 bits per heavy atom. The summed E-state index contributed by atoms with van der Waals surface area (Å²) < 4.78 is 0. The molecule has 4 N–H and O–H groups in total. The number of anilines is 4. The summed E-state index contributed by atoms with van der Waals surface area (Å²) >= 11 is 0. The number of nitrogens with one attached hydrogen (secondary N) is 2. The molecule has 2 amide bonds. The highest BCUT2D eigenvalue weighted by atomic mass is 16.3. The predicted octanol–water partition coefficient (Wildman–Crippen LogP) is 2.70. The highest BCUT2D eigenvalue weighted by molar-refractivity contribution is 6.08. The van der Waals surface area contributed by atoms with Gasteiger partial charge in [-0.1, -0.05) is 12.2 Å². The van der Waals surface area contributed by atoms with E-state index in [0.717, 1.165) is 24.5 Å². The molecule has 0 bridgehead atoms. The van der Waals surface area contributed by atoms with Crippen LogP contribution in [0.4, 0.5) is 22.7 Å². The van der Waals surface area contributed by atoms with Crippen molar-refractivity contribution in [1.82, 2.24) is 0 Å². The summed E-state index contributed by atoms with van der Waals surface area (Å²) in [5, 5.41) is 24.1. The van der Waals surface area contributed by atoms with Crippen molar-refractivity contribution < 1.29 is 19.8 Å². The van der Waals surface area contributed by atoms with E-state index in [1.165, 1.54) is 0 Å². The fourth-order valence-corrected chi connectivity index (χ4v) is 4.09. The number of rotatable bonds is 12. The van der Waals surface area contributed by atoms with Crippen molar-refractivity contribution in [2.75, 3.05) is 59.8 Å². The minimum absolute atomic E-state index is 0.0740. The molecule has 0 radical (unpaired) electrons. The maximum Gasteiger partial charge on any atom is 0.232 e. The second-order valence-corrected chi connectivity index (χ2v) is 8.21. The molecule has 1 fully saturated rings. The molecule has 8 heteroatoms. The minimum Gasteiger partial charge on any atom is -0.395 e. The molecule has 1 aliphatic carbocycles. The van der Waals surface area contributed by atoms with E-state index in [0.29, 0.717) is 30.0 Å². The molecule has 2 unspecified atom stereocenters. The second kappa shape index (κ2) is 11.7. The molecule has 0 spiro atoms. The average Bonchev–Trinajstić information content (AvgIpc) is 3.53. The van der Waals surface area contributed by atoms with Crippen LogP contribution < -0.4 is 20.4 Å². The van der Waals surface area contributed by atoms with E-state index in [9.17, 15) is 19.8 Å².